The van der Waals surface area contributed by atoms with Gasteiger partial charge in [0.1, 0.15) is 0 Å². The van der Waals surface area contributed by atoms with Gasteiger partial charge in [-0.2, -0.15) is 0 Å². The predicted octanol–water partition coefficient (Wildman–Crippen LogP) is -1.16. The molecule has 0 aliphatic carbocycles. The van der Waals surface area contributed by atoms with Crippen LogP contribution >= 0.6 is 0 Å². The lowest BCUT2D eigenvalue weighted by Crippen LogP contribution is -2.24. The monoisotopic (exact) mass is 131 g/mol. The van der Waals surface area contributed by atoms with Gasteiger partial charge in [0, 0.05) is 0 Å². The Bertz CT molecular complexity index is 186. The summed E-state index contributed by atoms with van der Waals surface area (Å²) in [5.74, 6) is -3.42. The lowest BCUT2D eigenvalue weighted by atomic mass is 10.4. The van der Waals surface area contributed by atoms with Crippen molar-refractivity contribution in [3.05, 3.63) is 0 Å². The van der Waals surface area contributed by atoms with Crippen molar-refractivity contribution in [2.45, 2.75) is 0 Å². The largest absolute Gasteiger partial charge is 0.531 e. The summed E-state index contributed by atoms with van der Waals surface area (Å²) >= 11 is 0. The zero-order chi connectivity index (χ0) is 7.44. The molecule has 6 heteroatoms. The van der Waals surface area contributed by atoms with Crippen molar-refractivity contribution in [1.29, 1.82) is 5.53 Å². The van der Waals surface area contributed by atoms with E-state index in [4.69, 9.17) is 15.7 Å². The van der Waals surface area contributed by atoms with Gasteiger partial charge in [0.2, 0.25) is 0 Å². The van der Waals surface area contributed by atoms with E-state index in [1.165, 1.54) is 0 Å². The van der Waals surface area contributed by atoms with Gasteiger partial charge in [-0.1, -0.05) is 0 Å². The Morgan fingerprint density at radius 1 is 1.22 bits per heavy atom. The fourth-order valence-corrected chi connectivity index (χ4v) is 0.187. The summed E-state index contributed by atoms with van der Waals surface area (Å²) in [7, 11) is 0. The van der Waals surface area contributed by atoms with E-state index in [1.54, 1.807) is 0 Å². The highest BCUT2D eigenvalue weighted by Crippen LogP contribution is 1.69. The quantitative estimate of drug-likeness (QED) is 0.190. The van der Waals surface area contributed by atoms with Crippen molar-refractivity contribution in [3.63, 3.8) is 0 Å². The molecule has 0 saturated heterocycles. The highest BCUT2D eigenvalue weighted by atomic mass is 16.4. The second-order valence-electron chi connectivity index (χ2n) is 1.07. The molecule has 0 aromatic heterocycles. The Hall–Kier alpha value is -1.68. The van der Waals surface area contributed by atoms with Crippen LogP contribution in [0.3, 0.4) is 0 Å². The summed E-state index contributed by atoms with van der Waals surface area (Å²) in [6, 6.07) is 0. The van der Waals surface area contributed by atoms with Gasteiger partial charge < -0.3 is 10.2 Å². The minimum absolute atomic E-state index is 1.19. The molecule has 9 heavy (non-hydrogen) atoms. The first-order valence-corrected chi connectivity index (χ1v) is 1.80. The van der Waals surface area contributed by atoms with Crippen LogP contribution in [0.1, 0.15) is 0 Å². The molecule has 0 aliphatic rings. The Morgan fingerprint density at radius 2 is 1.56 bits per heavy atom. The van der Waals surface area contributed by atoms with Crippen LogP contribution in [-0.2, 0) is 9.59 Å². The van der Waals surface area contributed by atoms with E-state index in [0.29, 0.717) is 0 Å². The maximum atomic E-state index is 9.74. The molecule has 0 rings (SSSR count). The number of nitrogens with zero attached hydrogens (tertiary/aromatic N) is 1. The second-order valence-corrected chi connectivity index (χ2v) is 1.07. The predicted molar refractivity (Wildman–Crippen MR) is 23.3 cm³/mol. The standard InChI is InChI=1S/C3H2N2O4/c4-5-1(2(6)7)3(8)9/h4H,(H-,6,7,8,9)/p+1. The molecule has 0 aliphatic heterocycles. The van der Waals surface area contributed by atoms with Crippen molar-refractivity contribution in [2.75, 3.05) is 0 Å². The zero-order valence-electron chi connectivity index (χ0n) is 4.16. The third-order valence-electron chi connectivity index (χ3n) is 0.517. The molecule has 0 bridgehead atoms. The number of hydrogen-bond acceptors (Lipinski definition) is 3. The molecule has 0 aromatic carbocycles. The van der Waals surface area contributed by atoms with E-state index in [1.807, 2.05) is 0 Å². The van der Waals surface area contributed by atoms with E-state index < -0.39 is 17.7 Å². The van der Waals surface area contributed by atoms with Gasteiger partial charge in [0.15, 0.2) is 0 Å². The molecule has 0 unspecified atom stereocenters. The van der Waals surface area contributed by atoms with E-state index in [2.05, 4.69) is 4.79 Å². The molecular weight excluding hydrogens is 128 g/mol. The number of hydrogen-bond donors (Lipinski definition) is 3. The summed E-state index contributed by atoms with van der Waals surface area (Å²) in [5, 5.41) is 15.8. The van der Waals surface area contributed by atoms with Crippen LogP contribution in [0, 0.1) is 5.53 Å². The van der Waals surface area contributed by atoms with Crippen molar-refractivity contribution in [1.82, 2.24) is 0 Å². The lowest BCUT2D eigenvalue weighted by Gasteiger charge is -1.73. The average Bonchev–Trinajstić information content (AvgIpc) is 1.64. The van der Waals surface area contributed by atoms with Gasteiger partial charge >= 0.3 is 17.7 Å². The van der Waals surface area contributed by atoms with Gasteiger partial charge in [0.25, 0.3) is 0 Å². The summed E-state index contributed by atoms with van der Waals surface area (Å²) < 4.78 is 0. The van der Waals surface area contributed by atoms with E-state index >= 15 is 0 Å². The number of nitrogens with one attached hydrogen (secondary N) is 1. The lowest BCUT2D eigenvalue weighted by molar-refractivity contribution is -0.158. The number of carbonyl (C=O) groups is 2. The van der Waals surface area contributed by atoms with E-state index in [0.717, 1.165) is 0 Å². The third kappa shape index (κ3) is 1.70. The van der Waals surface area contributed by atoms with Gasteiger partial charge in [-0.3, -0.25) is 0 Å². The fraction of sp³-hybridized carbons (Fsp3) is 0. The van der Waals surface area contributed by atoms with Crippen LogP contribution in [0.2, 0.25) is 0 Å². The Labute approximate surface area is 49.0 Å². The van der Waals surface area contributed by atoms with Gasteiger partial charge in [-0.15, -0.1) is 0 Å². The van der Waals surface area contributed by atoms with Gasteiger partial charge in [-0.25, -0.2) is 9.59 Å². The highest BCUT2D eigenvalue weighted by molar-refractivity contribution is 6.59. The Kier molecular flexibility index (Phi) is 2.10. The van der Waals surface area contributed by atoms with Crippen LogP contribution in [-0.4, -0.2) is 32.7 Å². The molecule has 0 amide bonds. The number of aliphatic carboxylic acids is 2. The number of rotatable bonds is 2. The summed E-state index contributed by atoms with van der Waals surface area (Å²) in [6.07, 6.45) is 0. The zero-order valence-corrected chi connectivity index (χ0v) is 4.16. The summed E-state index contributed by atoms with van der Waals surface area (Å²) in [5.41, 5.74) is 4.86. The van der Waals surface area contributed by atoms with Crippen molar-refractivity contribution in [3.8, 4) is 0 Å². The molecule has 0 fully saturated rings. The smallest absolute Gasteiger partial charge is 0.472 e. The fourth-order valence-electron chi connectivity index (χ4n) is 0.187. The van der Waals surface area contributed by atoms with Crippen LogP contribution in [0.15, 0.2) is 0 Å². The summed E-state index contributed by atoms with van der Waals surface area (Å²) in [6.45, 7) is 0. The SMILES string of the molecule is N=[N+]=C(C(=O)O)C(=O)O. The molecule has 0 atom stereocenters. The normalized spacial score (nSPS) is 7.56. The van der Waals surface area contributed by atoms with Crippen LogP contribution < -0.4 is 0 Å². The van der Waals surface area contributed by atoms with E-state index in [-0.39, 0.29) is 0 Å². The number of carboxylic acid groups (broad SMARTS) is 2. The molecule has 0 saturated carbocycles. The first-order valence-electron chi connectivity index (χ1n) is 1.80. The van der Waals surface area contributed by atoms with E-state index in [9.17, 15) is 9.59 Å². The van der Waals surface area contributed by atoms with Crippen LogP contribution in [0.5, 0.6) is 0 Å². The van der Waals surface area contributed by atoms with Gasteiger partial charge in [-0.05, 0) is 0 Å². The molecule has 0 heterocycles. The molecule has 0 spiro atoms. The first-order chi connectivity index (χ1) is 4.09. The maximum Gasteiger partial charge on any atom is 0.531 e. The van der Waals surface area contributed by atoms with Crippen molar-refractivity contribution < 1.29 is 24.6 Å². The van der Waals surface area contributed by atoms with Gasteiger partial charge in [0.05, 0.1) is 10.3 Å². The maximum absolute atomic E-state index is 9.74. The molecule has 3 N–H and O–H groups in total. The first kappa shape index (κ1) is 7.32. The number of carboxylic acids is 2. The summed E-state index contributed by atoms with van der Waals surface area (Å²) in [4.78, 5) is 21.7. The molecular formula is C3H3N2O4+. The molecule has 6 nitrogen and oxygen atoms in total. The Balaban J connectivity index is 4.59. The van der Waals surface area contributed by atoms with Crippen LogP contribution in [0.25, 0.3) is 0 Å². The minimum atomic E-state index is -1.71. The van der Waals surface area contributed by atoms with Crippen molar-refractivity contribution >= 4 is 17.7 Å². The average molecular weight is 131 g/mol. The highest BCUT2D eigenvalue weighted by Gasteiger charge is 2.31. The minimum Gasteiger partial charge on any atom is -0.472 e. The Morgan fingerprint density at radius 3 is 1.56 bits per heavy atom. The topological polar surface area (TPSA) is 113 Å². The third-order valence-corrected chi connectivity index (χ3v) is 0.517. The molecule has 0 aromatic rings. The molecule has 0 radical (unpaired) electrons. The van der Waals surface area contributed by atoms with Crippen molar-refractivity contribution in [2.24, 2.45) is 0 Å². The van der Waals surface area contributed by atoms with Crippen LogP contribution in [0.4, 0.5) is 0 Å². The second kappa shape index (κ2) is 2.58. The molecule has 48 valence electrons.